The van der Waals surface area contributed by atoms with Gasteiger partial charge in [0.05, 0.1) is 5.56 Å². The number of aryl methyl sites for hydroxylation is 1. The van der Waals surface area contributed by atoms with Gasteiger partial charge in [-0.1, -0.05) is 11.6 Å². The van der Waals surface area contributed by atoms with Crippen LogP contribution in [0.1, 0.15) is 39.4 Å². The first kappa shape index (κ1) is 18.7. The Balaban J connectivity index is 1.58. The summed E-state index contributed by atoms with van der Waals surface area (Å²) in [5, 5.41) is 12.0. The number of halogens is 2. The van der Waals surface area contributed by atoms with Gasteiger partial charge >= 0.3 is 5.97 Å². The number of hydrogen-bond donors (Lipinski definition) is 3. The minimum atomic E-state index is -1.10. The molecule has 0 radical (unpaired) electrons. The highest BCUT2D eigenvalue weighted by atomic mass is 79.9. The fourth-order valence-electron chi connectivity index (χ4n) is 2.93. The average molecular weight is 442 g/mol. The van der Waals surface area contributed by atoms with E-state index in [0.717, 1.165) is 23.0 Å². The van der Waals surface area contributed by atoms with E-state index in [4.69, 9.17) is 16.7 Å². The van der Waals surface area contributed by atoms with Crippen LogP contribution in [0, 0.1) is 6.92 Å². The molecule has 0 unspecified atom stereocenters. The van der Waals surface area contributed by atoms with Crippen molar-refractivity contribution < 1.29 is 14.7 Å². The fraction of sp³-hybridized carbons (Fsp3) is 0.353. The number of carbonyl (C=O) groups excluding carboxylic acids is 1. The van der Waals surface area contributed by atoms with Gasteiger partial charge in [-0.15, -0.1) is 0 Å². The third-order valence-electron chi connectivity index (χ3n) is 4.41. The van der Waals surface area contributed by atoms with Crippen LogP contribution in [-0.4, -0.2) is 46.1 Å². The number of aromatic amines is 1. The first-order chi connectivity index (χ1) is 12.3. The summed E-state index contributed by atoms with van der Waals surface area (Å²) in [5.41, 5.74) is 1.44. The number of aromatic carboxylic acids is 1. The Labute approximate surface area is 163 Å². The van der Waals surface area contributed by atoms with Crippen LogP contribution in [0.25, 0.3) is 0 Å². The van der Waals surface area contributed by atoms with Crippen molar-refractivity contribution in [1.82, 2.24) is 15.3 Å². The van der Waals surface area contributed by atoms with Crippen molar-refractivity contribution in [3.8, 4) is 0 Å². The molecule has 0 aliphatic carbocycles. The Kier molecular flexibility index (Phi) is 5.52. The van der Waals surface area contributed by atoms with Crippen LogP contribution in [-0.2, 0) is 0 Å². The number of hydrogen-bond acceptors (Lipinski definition) is 4. The van der Waals surface area contributed by atoms with E-state index in [9.17, 15) is 9.59 Å². The summed E-state index contributed by atoms with van der Waals surface area (Å²) in [6, 6.07) is 4.98. The number of piperidine rings is 1. The number of carboxylic acid groups (broad SMARTS) is 1. The molecule has 2 aromatic rings. The summed E-state index contributed by atoms with van der Waals surface area (Å²) in [5.74, 6) is -0.570. The first-order valence-electron chi connectivity index (χ1n) is 8.16. The second-order valence-electron chi connectivity index (χ2n) is 6.20. The van der Waals surface area contributed by atoms with Gasteiger partial charge < -0.3 is 20.3 Å². The summed E-state index contributed by atoms with van der Waals surface area (Å²) in [4.78, 5) is 32.6. The Hall–Kier alpha value is -2.06. The SMILES string of the molecule is Cc1[nH]c(C(=O)NC2CCN(c3ccc(C(=O)O)c(Cl)n3)CC2)cc1Br. The summed E-state index contributed by atoms with van der Waals surface area (Å²) in [6.07, 6.45) is 1.54. The van der Waals surface area contributed by atoms with Crippen LogP contribution in [0.3, 0.4) is 0 Å². The van der Waals surface area contributed by atoms with Crippen LogP contribution < -0.4 is 10.2 Å². The third-order valence-corrected chi connectivity index (χ3v) is 5.53. The number of aromatic nitrogens is 2. The molecule has 0 spiro atoms. The van der Waals surface area contributed by atoms with Gasteiger partial charge in [0.25, 0.3) is 5.91 Å². The predicted octanol–water partition coefficient (Wildman–Crippen LogP) is 3.23. The number of carboxylic acids is 1. The lowest BCUT2D eigenvalue weighted by Crippen LogP contribution is -2.45. The molecule has 3 N–H and O–H groups in total. The van der Waals surface area contributed by atoms with Gasteiger partial charge in [-0.3, -0.25) is 4.79 Å². The molecule has 3 rings (SSSR count). The van der Waals surface area contributed by atoms with E-state index < -0.39 is 5.97 Å². The molecule has 3 heterocycles. The lowest BCUT2D eigenvalue weighted by atomic mass is 10.0. The Bertz CT molecular complexity index is 827. The van der Waals surface area contributed by atoms with Gasteiger partial charge in [-0.2, -0.15) is 0 Å². The molecule has 26 heavy (non-hydrogen) atoms. The molecule has 2 aromatic heterocycles. The zero-order valence-electron chi connectivity index (χ0n) is 14.1. The number of rotatable bonds is 4. The lowest BCUT2D eigenvalue weighted by Gasteiger charge is -2.33. The van der Waals surface area contributed by atoms with E-state index in [0.29, 0.717) is 24.6 Å². The molecule has 1 fully saturated rings. The second-order valence-corrected chi connectivity index (χ2v) is 7.42. The molecular formula is C17H18BrClN4O3. The number of amides is 1. The van der Waals surface area contributed by atoms with Gasteiger partial charge in [-0.25, -0.2) is 9.78 Å². The second kappa shape index (κ2) is 7.67. The van der Waals surface area contributed by atoms with Crippen LogP contribution in [0.15, 0.2) is 22.7 Å². The topological polar surface area (TPSA) is 98.3 Å². The van der Waals surface area contributed by atoms with Crippen molar-refractivity contribution in [2.24, 2.45) is 0 Å². The zero-order valence-corrected chi connectivity index (χ0v) is 16.4. The largest absolute Gasteiger partial charge is 0.478 e. The molecule has 138 valence electrons. The van der Waals surface area contributed by atoms with E-state index in [-0.39, 0.29) is 22.7 Å². The summed E-state index contributed by atoms with van der Waals surface area (Å²) < 4.78 is 0.880. The monoisotopic (exact) mass is 440 g/mol. The minimum Gasteiger partial charge on any atom is -0.478 e. The highest BCUT2D eigenvalue weighted by molar-refractivity contribution is 9.10. The Morgan fingerprint density at radius 2 is 2.08 bits per heavy atom. The molecule has 1 aliphatic heterocycles. The van der Waals surface area contributed by atoms with Gasteiger partial charge in [0, 0.05) is 29.3 Å². The van der Waals surface area contributed by atoms with Gasteiger partial charge in [0.2, 0.25) is 0 Å². The molecule has 1 saturated heterocycles. The molecule has 0 aromatic carbocycles. The highest BCUT2D eigenvalue weighted by Gasteiger charge is 2.23. The number of H-pyrrole nitrogens is 1. The standard InChI is InChI=1S/C17H18BrClN4O3/c1-9-12(18)8-13(20-9)16(24)21-10-4-6-23(7-5-10)14-3-2-11(17(25)26)15(19)22-14/h2-3,8,10,20H,4-7H2,1H3,(H,21,24)(H,25,26). The normalized spacial score (nSPS) is 15.1. The van der Waals surface area contributed by atoms with Crippen molar-refractivity contribution >= 4 is 45.2 Å². The van der Waals surface area contributed by atoms with Crippen LogP contribution in [0.5, 0.6) is 0 Å². The molecule has 1 aliphatic rings. The maximum absolute atomic E-state index is 12.3. The maximum Gasteiger partial charge on any atom is 0.338 e. The fourth-order valence-corrected chi connectivity index (χ4v) is 3.49. The third kappa shape index (κ3) is 4.02. The Morgan fingerprint density at radius 3 is 2.62 bits per heavy atom. The number of pyridine rings is 1. The zero-order chi connectivity index (χ0) is 18.8. The van der Waals surface area contributed by atoms with Crippen LogP contribution in [0.4, 0.5) is 5.82 Å². The average Bonchev–Trinajstić information content (AvgIpc) is 2.94. The Morgan fingerprint density at radius 1 is 1.38 bits per heavy atom. The van der Waals surface area contributed by atoms with Crippen molar-refractivity contribution in [1.29, 1.82) is 0 Å². The summed E-state index contributed by atoms with van der Waals surface area (Å²) >= 11 is 9.33. The molecule has 9 heteroatoms. The van der Waals surface area contributed by atoms with Gasteiger partial charge in [0.15, 0.2) is 0 Å². The maximum atomic E-state index is 12.3. The molecular weight excluding hydrogens is 424 g/mol. The van der Waals surface area contributed by atoms with Crippen LogP contribution in [0.2, 0.25) is 5.15 Å². The van der Waals surface area contributed by atoms with Crippen molar-refractivity contribution in [3.63, 3.8) is 0 Å². The highest BCUT2D eigenvalue weighted by Crippen LogP contribution is 2.23. The van der Waals surface area contributed by atoms with Crippen LogP contribution >= 0.6 is 27.5 Å². The number of anilines is 1. The van der Waals surface area contributed by atoms with E-state index in [1.54, 1.807) is 12.1 Å². The van der Waals surface area contributed by atoms with E-state index in [1.807, 2.05) is 11.8 Å². The molecule has 0 atom stereocenters. The van der Waals surface area contributed by atoms with Crippen molar-refractivity contribution in [2.75, 3.05) is 18.0 Å². The van der Waals surface area contributed by atoms with E-state index in [1.165, 1.54) is 6.07 Å². The van der Waals surface area contributed by atoms with Gasteiger partial charge in [-0.05, 0) is 53.9 Å². The van der Waals surface area contributed by atoms with E-state index >= 15 is 0 Å². The number of nitrogens with one attached hydrogen (secondary N) is 2. The quantitative estimate of drug-likeness (QED) is 0.633. The lowest BCUT2D eigenvalue weighted by molar-refractivity contribution is 0.0696. The minimum absolute atomic E-state index is 0.00929. The summed E-state index contributed by atoms with van der Waals surface area (Å²) in [6.45, 7) is 3.30. The number of nitrogens with zero attached hydrogens (tertiary/aromatic N) is 2. The summed E-state index contributed by atoms with van der Waals surface area (Å²) in [7, 11) is 0. The van der Waals surface area contributed by atoms with Crippen molar-refractivity contribution in [3.05, 3.63) is 44.8 Å². The smallest absolute Gasteiger partial charge is 0.338 e. The molecule has 0 saturated carbocycles. The first-order valence-corrected chi connectivity index (χ1v) is 9.33. The van der Waals surface area contributed by atoms with Gasteiger partial charge in [0.1, 0.15) is 16.7 Å². The molecule has 7 nitrogen and oxygen atoms in total. The van der Waals surface area contributed by atoms with E-state index in [2.05, 4.69) is 31.2 Å². The van der Waals surface area contributed by atoms with Crippen molar-refractivity contribution in [2.45, 2.75) is 25.8 Å². The predicted molar refractivity (Wildman–Crippen MR) is 102 cm³/mol. The molecule has 0 bridgehead atoms. The molecule has 1 amide bonds. The number of carbonyl (C=O) groups is 2.